The van der Waals surface area contributed by atoms with Gasteiger partial charge in [-0.25, -0.2) is 0 Å². The van der Waals surface area contributed by atoms with Gasteiger partial charge in [0.1, 0.15) is 0 Å². The van der Waals surface area contributed by atoms with E-state index in [2.05, 4.69) is 45.0 Å². The Labute approximate surface area is 128 Å². The summed E-state index contributed by atoms with van der Waals surface area (Å²) in [6, 6.07) is 12.1. The molecule has 0 saturated carbocycles. The van der Waals surface area contributed by atoms with E-state index in [0.29, 0.717) is 5.11 Å². The standard InChI is InChI=1S/C16H16N4S/c21-16(20-13-4-3-8-17-11-13)18-9-7-12-10-19-15-6-2-1-5-14(12)15/h1-6,8,10-11,19H,7,9H2,(H2,18,20,21). The first-order valence-electron chi connectivity index (χ1n) is 6.83. The maximum absolute atomic E-state index is 5.27. The second-order valence-electron chi connectivity index (χ2n) is 4.73. The van der Waals surface area contributed by atoms with Crippen LogP contribution in [0.2, 0.25) is 0 Å². The Bertz CT molecular complexity index is 736. The first-order valence-corrected chi connectivity index (χ1v) is 7.23. The van der Waals surface area contributed by atoms with Crippen molar-refractivity contribution in [3.63, 3.8) is 0 Å². The van der Waals surface area contributed by atoms with Crippen molar-refractivity contribution in [2.24, 2.45) is 0 Å². The Kier molecular flexibility index (Phi) is 4.12. The summed E-state index contributed by atoms with van der Waals surface area (Å²) < 4.78 is 0. The molecule has 0 saturated heterocycles. The summed E-state index contributed by atoms with van der Waals surface area (Å²) in [5, 5.41) is 8.20. The van der Waals surface area contributed by atoms with Crippen LogP contribution in [0.25, 0.3) is 10.9 Å². The molecule has 3 aromatic rings. The van der Waals surface area contributed by atoms with Crippen LogP contribution in [0, 0.1) is 0 Å². The molecule has 0 fully saturated rings. The largest absolute Gasteiger partial charge is 0.362 e. The van der Waals surface area contributed by atoms with Gasteiger partial charge >= 0.3 is 0 Å². The molecule has 0 spiro atoms. The van der Waals surface area contributed by atoms with Crippen molar-refractivity contribution in [2.75, 3.05) is 11.9 Å². The second-order valence-corrected chi connectivity index (χ2v) is 5.14. The molecule has 0 atom stereocenters. The first kappa shape index (κ1) is 13.6. The highest BCUT2D eigenvalue weighted by Crippen LogP contribution is 2.17. The number of hydrogen-bond acceptors (Lipinski definition) is 2. The molecule has 3 rings (SSSR count). The summed E-state index contributed by atoms with van der Waals surface area (Å²) in [6.07, 6.45) is 6.45. The van der Waals surface area contributed by atoms with E-state index in [-0.39, 0.29) is 0 Å². The quantitative estimate of drug-likeness (QED) is 0.648. The summed E-state index contributed by atoms with van der Waals surface area (Å²) >= 11 is 5.27. The highest BCUT2D eigenvalue weighted by Gasteiger charge is 2.03. The number of rotatable bonds is 4. The molecule has 106 valence electrons. The van der Waals surface area contributed by atoms with Gasteiger partial charge in [-0.2, -0.15) is 0 Å². The molecule has 5 heteroatoms. The normalized spacial score (nSPS) is 10.5. The molecule has 1 aromatic carbocycles. The third kappa shape index (κ3) is 3.38. The fourth-order valence-corrected chi connectivity index (χ4v) is 2.48. The van der Waals surface area contributed by atoms with Gasteiger partial charge in [-0.3, -0.25) is 4.98 Å². The van der Waals surface area contributed by atoms with Crippen LogP contribution in [-0.2, 0) is 6.42 Å². The number of thiocarbonyl (C=S) groups is 1. The van der Waals surface area contributed by atoms with E-state index >= 15 is 0 Å². The third-order valence-corrected chi connectivity index (χ3v) is 3.52. The van der Waals surface area contributed by atoms with E-state index in [1.165, 1.54) is 16.5 Å². The Hall–Kier alpha value is -2.40. The number of pyridine rings is 1. The van der Waals surface area contributed by atoms with Gasteiger partial charge in [0.2, 0.25) is 0 Å². The van der Waals surface area contributed by atoms with Crippen molar-refractivity contribution in [1.29, 1.82) is 0 Å². The third-order valence-electron chi connectivity index (χ3n) is 3.27. The maximum Gasteiger partial charge on any atom is 0.170 e. The lowest BCUT2D eigenvalue weighted by atomic mass is 10.1. The first-order chi connectivity index (χ1) is 10.3. The molecule has 0 aliphatic rings. The van der Waals surface area contributed by atoms with Crippen molar-refractivity contribution in [3.8, 4) is 0 Å². The van der Waals surface area contributed by atoms with Crippen LogP contribution in [0.3, 0.4) is 0 Å². The van der Waals surface area contributed by atoms with E-state index in [0.717, 1.165) is 18.7 Å². The number of benzene rings is 1. The van der Waals surface area contributed by atoms with Crippen LogP contribution >= 0.6 is 12.2 Å². The van der Waals surface area contributed by atoms with Gasteiger partial charge in [0, 0.05) is 29.8 Å². The van der Waals surface area contributed by atoms with Gasteiger partial charge in [-0.05, 0) is 42.4 Å². The average molecular weight is 296 g/mol. The molecule has 4 nitrogen and oxygen atoms in total. The molecule has 0 unspecified atom stereocenters. The molecule has 2 aromatic heterocycles. The molecule has 0 amide bonds. The van der Waals surface area contributed by atoms with E-state index in [4.69, 9.17) is 12.2 Å². The van der Waals surface area contributed by atoms with Crippen molar-refractivity contribution in [3.05, 3.63) is 60.6 Å². The maximum atomic E-state index is 5.27. The number of hydrogen-bond donors (Lipinski definition) is 3. The SMILES string of the molecule is S=C(NCCc1c[nH]c2ccccc12)Nc1cccnc1. The zero-order chi connectivity index (χ0) is 14.5. The smallest absolute Gasteiger partial charge is 0.170 e. The minimum absolute atomic E-state index is 0.614. The number of fused-ring (bicyclic) bond motifs is 1. The number of nitrogens with zero attached hydrogens (tertiary/aromatic N) is 1. The molecule has 21 heavy (non-hydrogen) atoms. The number of aromatic nitrogens is 2. The van der Waals surface area contributed by atoms with Crippen molar-refractivity contribution in [2.45, 2.75) is 6.42 Å². The van der Waals surface area contributed by atoms with Gasteiger partial charge < -0.3 is 15.6 Å². The van der Waals surface area contributed by atoms with Gasteiger partial charge in [-0.15, -0.1) is 0 Å². The number of aromatic amines is 1. The van der Waals surface area contributed by atoms with E-state index < -0.39 is 0 Å². The van der Waals surface area contributed by atoms with E-state index in [1.54, 1.807) is 12.4 Å². The van der Waals surface area contributed by atoms with Crippen LogP contribution in [0.5, 0.6) is 0 Å². The van der Waals surface area contributed by atoms with Crippen LogP contribution in [0.15, 0.2) is 55.0 Å². The summed E-state index contributed by atoms with van der Waals surface area (Å²) in [6.45, 7) is 0.786. The molecule has 0 bridgehead atoms. The fourth-order valence-electron chi connectivity index (χ4n) is 2.26. The summed E-state index contributed by atoms with van der Waals surface area (Å²) in [7, 11) is 0. The number of para-hydroxylation sites is 1. The molecular formula is C16H16N4S. The molecule has 0 radical (unpaired) electrons. The topological polar surface area (TPSA) is 52.7 Å². The Balaban J connectivity index is 1.53. The Morgan fingerprint density at radius 1 is 1.19 bits per heavy atom. The molecule has 0 aliphatic heterocycles. The Morgan fingerprint density at radius 2 is 2.10 bits per heavy atom. The van der Waals surface area contributed by atoms with Crippen LogP contribution < -0.4 is 10.6 Å². The average Bonchev–Trinajstić information content (AvgIpc) is 2.92. The fraction of sp³-hybridized carbons (Fsp3) is 0.125. The molecule has 0 aliphatic carbocycles. The number of anilines is 1. The van der Waals surface area contributed by atoms with Crippen molar-refractivity contribution in [1.82, 2.24) is 15.3 Å². The molecular weight excluding hydrogens is 280 g/mol. The van der Waals surface area contributed by atoms with Crippen LogP contribution in [-0.4, -0.2) is 21.6 Å². The Morgan fingerprint density at radius 3 is 2.95 bits per heavy atom. The number of nitrogens with one attached hydrogen (secondary N) is 3. The minimum atomic E-state index is 0.614. The lowest BCUT2D eigenvalue weighted by Gasteiger charge is -2.09. The van der Waals surface area contributed by atoms with Crippen LogP contribution in [0.4, 0.5) is 5.69 Å². The zero-order valence-corrected chi connectivity index (χ0v) is 12.3. The van der Waals surface area contributed by atoms with Gasteiger partial charge in [0.15, 0.2) is 5.11 Å². The lowest BCUT2D eigenvalue weighted by molar-refractivity contribution is 0.878. The second kappa shape index (κ2) is 6.37. The van der Waals surface area contributed by atoms with Gasteiger partial charge in [0.25, 0.3) is 0 Å². The summed E-state index contributed by atoms with van der Waals surface area (Å²) in [5.41, 5.74) is 3.35. The molecule has 3 N–H and O–H groups in total. The van der Waals surface area contributed by atoms with E-state index in [9.17, 15) is 0 Å². The summed E-state index contributed by atoms with van der Waals surface area (Å²) in [4.78, 5) is 7.32. The summed E-state index contributed by atoms with van der Waals surface area (Å²) in [5.74, 6) is 0. The van der Waals surface area contributed by atoms with Gasteiger partial charge in [-0.1, -0.05) is 18.2 Å². The monoisotopic (exact) mass is 296 g/mol. The van der Waals surface area contributed by atoms with Crippen molar-refractivity contribution < 1.29 is 0 Å². The predicted octanol–water partition coefficient (Wildman–Crippen LogP) is 3.09. The predicted molar refractivity (Wildman–Crippen MR) is 90.5 cm³/mol. The van der Waals surface area contributed by atoms with Crippen LogP contribution in [0.1, 0.15) is 5.56 Å². The minimum Gasteiger partial charge on any atom is -0.362 e. The highest BCUT2D eigenvalue weighted by atomic mass is 32.1. The lowest BCUT2D eigenvalue weighted by Crippen LogP contribution is -2.30. The molecule has 2 heterocycles. The van der Waals surface area contributed by atoms with Gasteiger partial charge in [0.05, 0.1) is 11.9 Å². The number of H-pyrrole nitrogens is 1. The zero-order valence-electron chi connectivity index (χ0n) is 11.5. The van der Waals surface area contributed by atoms with Crippen molar-refractivity contribution >= 4 is 33.9 Å². The highest BCUT2D eigenvalue weighted by molar-refractivity contribution is 7.80. The van der Waals surface area contributed by atoms with E-state index in [1.807, 2.05) is 18.2 Å².